The van der Waals surface area contributed by atoms with Gasteiger partial charge in [0.2, 0.25) is 11.8 Å². The van der Waals surface area contributed by atoms with Gasteiger partial charge in [0.25, 0.3) is 0 Å². The number of benzene rings is 1. The Balaban J connectivity index is 1.35. The van der Waals surface area contributed by atoms with Gasteiger partial charge in [-0.05, 0) is 42.5 Å². The molecule has 1 saturated heterocycles. The van der Waals surface area contributed by atoms with E-state index in [0.29, 0.717) is 18.8 Å². The van der Waals surface area contributed by atoms with Crippen molar-refractivity contribution < 1.29 is 27.9 Å². The number of likely N-dealkylation sites (tertiary alicyclic amines) is 1. The second-order valence-corrected chi connectivity index (χ2v) is 8.89. The molecule has 9 heteroatoms. The average Bonchev–Trinajstić information content (AvgIpc) is 3.59. The van der Waals surface area contributed by atoms with Gasteiger partial charge in [-0.15, -0.1) is 0 Å². The van der Waals surface area contributed by atoms with Gasteiger partial charge in [-0.2, -0.15) is 0 Å². The van der Waals surface area contributed by atoms with E-state index >= 15 is 0 Å². The lowest BCUT2D eigenvalue weighted by Gasteiger charge is -2.26. The first-order valence-corrected chi connectivity index (χ1v) is 11.5. The quantitative estimate of drug-likeness (QED) is 0.538. The highest BCUT2D eigenvalue weighted by atomic mass is 19.2. The van der Waals surface area contributed by atoms with E-state index in [9.17, 15) is 23.2 Å². The van der Waals surface area contributed by atoms with Gasteiger partial charge in [0.15, 0.2) is 11.6 Å². The fourth-order valence-electron chi connectivity index (χ4n) is 4.18. The van der Waals surface area contributed by atoms with Crippen molar-refractivity contribution in [2.45, 2.75) is 63.8 Å². The van der Waals surface area contributed by atoms with Crippen LogP contribution in [0.1, 0.15) is 49.7 Å². The molecule has 1 aliphatic heterocycles. The molecule has 1 N–H and O–H groups in total. The predicted octanol–water partition coefficient (Wildman–Crippen LogP) is 3.27. The Kier molecular flexibility index (Phi) is 7.49. The number of aromatic nitrogens is 1. The van der Waals surface area contributed by atoms with E-state index in [4.69, 9.17) is 4.74 Å². The van der Waals surface area contributed by atoms with E-state index in [2.05, 4.69) is 10.3 Å². The number of hydrogen-bond acceptors (Lipinski definition) is 5. The van der Waals surface area contributed by atoms with Crippen molar-refractivity contribution in [3.05, 3.63) is 65.5 Å². The van der Waals surface area contributed by atoms with Gasteiger partial charge < -0.3 is 15.0 Å². The number of halogens is 2. The maximum atomic E-state index is 14.1. The van der Waals surface area contributed by atoms with Crippen molar-refractivity contribution in [1.29, 1.82) is 0 Å². The predicted molar refractivity (Wildman–Crippen MR) is 118 cm³/mol. The number of nitrogens with one attached hydrogen (secondary N) is 1. The minimum atomic E-state index is -0.994. The summed E-state index contributed by atoms with van der Waals surface area (Å²) in [7, 11) is 0. The second kappa shape index (κ2) is 10.7. The molecule has 34 heavy (non-hydrogen) atoms. The summed E-state index contributed by atoms with van der Waals surface area (Å²) in [5, 5.41) is 2.77. The van der Waals surface area contributed by atoms with Gasteiger partial charge in [-0.1, -0.05) is 25.0 Å². The number of ether oxygens (including phenoxy) is 1. The fraction of sp³-hybridized carbons (Fsp3) is 0.440. The summed E-state index contributed by atoms with van der Waals surface area (Å²) in [4.78, 5) is 43.2. The summed E-state index contributed by atoms with van der Waals surface area (Å²) in [5.74, 6) is -2.69. The van der Waals surface area contributed by atoms with Gasteiger partial charge in [0.05, 0.1) is 0 Å². The van der Waals surface area contributed by atoms with Gasteiger partial charge in [-0.25, -0.2) is 13.6 Å². The normalized spacial score (nSPS) is 18.6. The molecular weight excluding hydrogens is 444 g/mol. The molecule has 0 bridgehead atoms. The van der Waals surface area contributed by atoms with Gasteiger partial charge in [0, 0.05) is 43.4 Å². The lowest BCUT2D eigenvalue weighted by molar-refractivity contribution is -0.149. The van der Waals surface area contributed by atoms with E-state index in [1.54, 1.807) is 24.5 Å². The molecule has 2 atom stereocenters. The van der Waals surface area contributed by atoms with Crippen LogP contribution in [0.15, 0.2) is 42.7 Å². The molecule has 1 aromatic carbocycles. The minimum absolute atomic E-state index is 0.0263. The molecule has 2 fully saturated rings. The maximum Gasteiger partial charge on any atom is 0.328 e. The van der Waals surface area contributed by atoms with Crippen molar-refractivity contribution in [1.82, 2.24) is 15.2 Å². The highest BCUT2D eigenvalue weighted by Crippen LogP contribution is 2.34. The Morgan fingerprint density at radius 2 is 1.91 bits per heavy atom. The Morgan fingerprint density at radius 3 is 2.65 bits per heavy atom. The van der Waals surface area contributed by atoms with Gasteiger partial charge >= 0.3 is 5.97 Å². The lowest BCUT2D eigenvalue weighted by atomic mass is 10.1. The molecule has 1 aliphatic carbocycles. The fourth-order valence-corrected chi connectivity index (χ4v) is 4.18. The molecule has 2 heterocycles. The van der Waals surface area contributed by atoms with Crippen LogP contribution in [0.4, 0.5) is 8.78 Å². The van der Waals surface area contributed by atoms with Crippen LogP contribution in [0.25, 0.3) is 0 Å². The summed E-state index contributed by atoms with van der Waals surface area (Å²) >= 11 is 0. The lowest BCUT2D eigenvalue weighted by Crippen LogP contribution is -2.44. The standard InChI is InChI=1S/C25H27F2N3O4/c26-20-3-1-2-18(24(20)27)14-30-19(6-7-23(30)32)13-22(31)29-21(12-16-4-5-16)25(33)34-15-17-8-10-28-11-9-17/h1-3,8-11,16,19,21H,4-7,12-15H2,(H,29,31)/t19-,21-/m0/s1. The zero-order valence-corrected chi connectivity index (χ0v) is 18.7. The SMILES string of the molecule is O=C(C[C@@H]1CCC(=O)N1Cc1cccc(F)c1F)N[C@@H](CC1CC1)C(=O)OCc1ccncc1. The Labute approximate surface area is 196 Å². The van der Waals surface area contributed by atoms with E-state index < -0.39 is 29.7 Å². The number of esters is 1. The third-order valence-corrected chi connectivity index (χ3v) is 6.26. The first-order chi connectivity index (χ1) is 16.4. The van der Waals surface area contributed by atoms with E-state index in [1.165, 1.54) is 17.0 Å². The van der Waals surface area contributed by atoms with Crippen LogP contribution in [-0.4, -0.2) is 39.8 Å². The zero-order chi connectivity index (χ0) is 24.1. The summed E-state index contributed by atoms with van der Waals surface area (Å²) in [5.41, 5.74) is 0.858. The maximum absolute atomic E-state index is 14.1. The van der Waals surface area contributed by atoms with Crippen LogP contribution in [-0.2, 0) is 32.3 Å². The van der Waals surface area contributed by atoms with E-state index in [-0.39, 0.29) is 43.4 Å². The molecule has 2 aliphatic rings. The summed E-state index contributed by atoms with van der Waals surface area (Å²) in [6, 6.07) is 6.09. The summed E-state index contributed by atoms with van der Waals surface area (Å²) in [6.45, 7) is -0.0255. The number of pyridine rings is 1. The topological polar surface area (TPSA) is 88.6 Å². The molecule has 180 valence electrons. The molecule has 1 aromatic heterocycles. The highest BCUT2D eigenvalue weighted by molar-refractivity contribution is 5.86. The summed E-state index contributed by atoms with van der Waals surface area (Å²) in [6.07, 6.45) is 6.37. The van der Waals surface area contributed by atoms with Crippen molar-refractivity contribution in [2.75, 3.05) is 0 Å². The van der Waals surface area contributed by atoms with Crippen LogP contribution in [0.3, 0.4) is 0 Å². The number of carbonyl (C=O) groups is 3. The number of amides is 2. The van der Waals surface area contributed by atoms with Crippen molar-refractivity contribution in [3.63, 3.8) is 0 Å². The number of hydrogen-bond donors (Lipinski definition) is 1. The van der Waals surface area contributed by atoms with Crippen molar-refractivity contribution in [3.8, 4) is 0 Å². The third kappa shape index (κ3) is 6.15. The molecule has 0 unspecified atom stereocenters. The summed E-state index contributed by atoms with van der Waals surface area (Å²) < 4.78 is 33.1. The van der Waals surface area contributed by atoms with Crippen LogP contribution in [0, 0.1) is 17.6 Å². The van der Waals surface area contributed by atoms with Gasteiger partial charge in [-0.3, -0.25) is 14.6 Å². The van der Waals surface area contributed by atoms with Crippen LogP contribution >= 0.6 is 0 Å². The molecule has 2 aromatic rings. The Morgan fingerprint density at radius 1 is 1.15 bits per heavy atom. The molecule has 7 nitrogen and oxygen atoms in total. The Hall–Kier alpha value is -3.36. The average molecular weight is 472 g/mol. The van der Waals surface area contributed by atoms with Crippen LogP contribution in [0.5, 0.6) is 0 Å². The highest BCUT2D eigenvalue weighted by Gasteiger charge is 2.35. The third-order valence-electron chi connectivity index (χ3n) is 6.26. The molecule has 4 rings (SSSR count). The number of rotatable bonds is 10. The van der Waals surface area contributed by atoms with Crippen LogP contribution < -0.4 is 5.32 Å². The minimum Gasteiger partial charge on any atom is -0.459 e. The zero-order valence-electron chi connectivity index (χ0n) is 18.7. The van der Waals surface area contributed by atoms with Crippen molar-refractivity contribution in [2.24, 2.45) is 5.92 Å². The molecule has 0 spiro atoms. The molecule has 0 radical (unpaired) electrons. The molecule has 1 saturated carbocycles. The first kappa shape index (κ1) is 23.8. The van der Waals surface area contributed by atoms with E-state index in [0.717, 1.165) is 24.5 Å². The van der Waals surface area contributed by atoms with E-state index in [1.807, 2.05) is 0 Å². The molecular formula is C25H27F2N3O4. The van der Waals surface area contributed by atoms with Gasteiger partial charge in [0.1, 0.15) is 12.6 Å². The molecule has 2 amide bonds. The van der Waals surface area contributed by atoms with Crippen molar-refractivity contribution >= 4 is 17.8 Å². The Bertz CT molecular complexity index is 1050. The smallest absolute Gasteiger partial charge is 0.328 e. The largest absolute Gasteiger partial charge is 0.459 e. The second-order valence-electron chi connectivity index (χ2n) is 8.89. The first-order valence-electron chi connectivity index (χ1n) is 11.5. The monoisotopic (exact) mass is 471 g/mol. The van der Waals surface area contributed by atoms with Crippen LogP contribution in [0.2, 0.25) is 0 Å². The number of carbonyl (C=O) groups excluding carboxylic acids is 3. The number of nitrogens with zero attached hydrogens (tertiary/aromatic N) is 2.